The Bertz CT molecular complexity index is 784. The average Bonchev–Trinajstić information content (AvgIpc) is 2.93. The molecule has 0 spiro atoms. The van der Waals surface area contributed by atoms with Gasteiger partial charge in [-0.1, -0.05) is 18.2 Å². The van der Waals surface area contributed by atoms with Crippen LogP contribution in [0.1, 0.15) is 22.3 Å². The summed E-state index contributed by atoms with van der Waals surface area (Å²) in [5, 5.41) is 0. The maximum Gasteiger partial charge on any atom is 0.417 e. The van der Waals surface area contributed by atoms with Crippen molar-refractivity contribution in [2.45, 2.75) is 12.6 Å². The molecule has 3 rings (SSSR count). The van der Waals surface area contributed by atoms with Crippen LogP contribution in [0.25, 0.3) is 0 Å². The molecule has 0 N–H and O–H groups in total. The summed E-state index contributed by atoms with van der Waals surface area (Å²) in [5.41, 5.74) is -1.33. The number of halogens is 3. The fourth-order valence-electron chi connectivity index (χ4n) is 3.19. The number of amides is 1. The average molecular weight is 393 g/mol. The number of benzene rings is 1. The molecule has 2 heterocycles. The van der Waals surface area contributed by atoms with Gasteiger partial charge in [0, 0.05) is 45.1 Å². The number of hydrogen-bond donors (Lipinski definition) is 0. The summed E-state index contributed by atoms with van der Waals surface area (Å²) in [5.74, 6) is 0.174. The molecule has 1 aromatic carbocycles. The van der Waals surface area contributed by atoms with Gasteiger partial charge in [-0.3, -0.25) is 14.7 Å². The minimum Gasteiger partial charge on any atom is -0.492 e. The van der Waals surface area contributed by atoms with Gasteiger partial charge in [-0.05, 0) is 24.6 Å². The highest BCUT2D eigenvalue weighted by Gasteiger charge is 2.36. The van der Waals surface area contributed by atoms with Crippen LogP contribution < -0.4 is 4.74 Å². The molecule has 28 heavy (non-hydrogen) atoms. The highest BCUT2D eigenvalue weighted by Crippen LogP contribution is 2.32. The van der Waals surface area contributed by atoms with E-state index in [1.165, 1.54) is 4.90 Å². The molecule has 0 bridgehead atoms. The van der Waals surface area contributed by atoms with E-state index in [2.05, 4.69) is 9.88 Å². The van der Waals surface area contributed by atoms with Crippen LogP contribution in [0.4, 0.5) is 13.2 Å². The smallest absolute Gasteiger partial charge is 0.417 e. The van der Waals surface area contributed by atoms with Gasteiger partial charge in [0.25, 0.3) is 5.91 Å². The summed E-state index contributed by atoms with van der Waals surface area (Å²) >= 11 is 0. The number of rotatable bonds is 5. The van der Waals surface area contributed by atoms with E-state index in [1.807, 2.05) is 30.3 Å². The number of aromatic nitrogens is 1. The van der Waals surface area contributed by atoms with Gasteiger partial charge in [-0.25, -0.2) is 0 Å². The molecule has 0 aliphatic carbocycles. The van der Waals surface area contributed by atoms with Crippen LogP contribution in [0.2, 0.25) is 0 Å². The summed E-state index contributed by atoms with van der Waals surface area (Å²) in [6, 6.07) is 10.3. The summed E-state index contributed by atoms with van der Waals surface area (Å²) < 4.78 is 45.2. The van der Waals surface area contributed by atoms with Gasteiger partial charge in [0.05, 0.1) is 11.1 Å². The van der Waals surface area contributed by atoms with E-state index in [1.54, 1.807) is 0 Å². The highest BCUT2D eigenvalue weighted by atomic mass is 19.4. The third-order valence-electron chi connectivity index (χ3n) is 4.65. The van der Waals surface area contributed by atoms with Crippen LogP contribution >= 0.6 is 0 Å². The molecule has 2 aromatic rings. The maximum atomic E-state index is 13.2. The molecule has 1 aliphatic rings. The third kappa shape index (κ3) is 5.22. The van der Waals surface area contributed by atoms with Crippen molar-refractivity contribution in [3.8, 4) is 5.75 Å². The van der Waals surface area contributed by atoms with Crippen molar-refractivity contribution in [3.05, 3.63) is 59.9 Å². The van der Waals surface area contributed by atoms with E-state index >= 15 is 0 Å². The number of pyridine rings is 1. The molecule has 8 heteroatoms. The van der Waals surface area contributed by atoms with Crippen LogP contribution in [-0.2, 0) is 6.18 Å². The zero-order valence-corrected chi connectivity index (χ0v) is 15.4. The Morgan fingerprint density at radius 3 is 2.61 bits per heavy atom. The number of hydrogen-bond acceptors (Lipinski definition) is 4. The predicted octanol–water partition coefficient (Wildman–Crippen LogP) is 3.33. The minimum absolute atomic E-state index is 0.371. The van der Waals surface area contributed by atoms with Crippen LogP contribution in [0, 0.1) is 0 Å². The lowest BCUT2D eigenvalue weighted by atomic mass is 10.1. The molecular weight excluding hydrogens is 371 g/mol. The molecule has 0 unspecified atom stereocenters. The summed E-state index contributed by atoms with van der Waals surface area (Å²) in [6.07, 6.45) is -1.84. The Morgan fingerprint density at radius 2 is 1.86 bits per heavy atom. The van der Waals surface area contributed by atoms with Gasteiger partial charge in [0.1, 0.15) is 12.4 Å². The van der Waals surface area contributed by atoms with Crippen molar-refractivity contribution >= 4 is 5.91 Å². The number of carbonyl (C=O) groups is 1. The topological polar surface area (TPSA) is 45.7 Å². The van der Waals surface area contributed by atoms with Crippen LogP contribution in [0.3, 0.4) is 0 Å². The Balaban J connectivity index is 1.56. The van der Waals surface area contributed by atoms with E-state index in [0.717, 1.165) is 30.8 Å². The second-order valence-electron chi connectivity index (χ2n) is 6.57. The first kappa shape index (κ1) is 20.1. The van der Waals surface area contributed by atoms with E-state index in [9.17, 15) is 18.0 Å². The highest BCUT2D eigenvalue weighted by molar-refractivity contribution is 5.95. The van der Waals surface area contributed by atoms with Crippen molar-refractivity contribution in [3.63, 3.8) is 0 Å². The van der Waals surface area contributed by atoms with Crippen molar-refractivity contribution in [2.24, 2.45) is 0 Å². The van der Waals surface area contributed by atoms with Crippen molar-refractivity contribution in [2.75, 3.05) is 39.3 Å². The van der Waals surface area contributed by atoms with Crippen molar-refractivity contribution in [1.29, 1.82) is 0 Å². The molecule has 0 atom stereocenters. The molecule has 5 nitrogen and oxygen atoms in total. The lowest BCUT2D eigenvalue weighted by molar-refractivity contribution is -0.138. The molecular formula is C20H22F3N3O2. The van der Waals surface area contributed by atoms with Crippen molar-refractivity contribution in [1.82, 2.24) is 14.8 Å². The molecule has 150 valence electrons. The largest absolute Gasteiger partial charge is 0.492 e. The monoisotopic (exact) mass is 393 g/mol. The number of ether oxygens (including phenoxy) is 1. The Labute approximate surface area is 161 Å². The van der Waals surface area contributed by atoms with Gasteiger partial charge in [0.2, 0.25) is 0 Å². The quantitative estimate of drug-likeness (QED) is 0.782. The predicted molar refractivity (Wildman–Crippen MR) is 98.1 cm³/mol. The first-order valence-electron chi connectivity index (χ1n) is 9.16. The molecule has 1 fully saturated rings. The minimum atomic E-state index is -4.58. The number of para-hydroxylation sites is 1. The van der Waals surface area contributed by atoms with Gasteiger partial charge in [-0.15, -0.1) is 0 Å². The van der Waals surface area contributed by atoms with Gasteiger partial charge in [0.15, 0.2) is 0 Å². The molecule has 1 amide bonds. The molecule has 1 aliphatic heterocycles. The third-order valence-corrected chi connectivity index (χ3v) is 4.65. The second-order valence-corrected chi connectivity index (χ2v) is 6.57. The standard InChI is InChI=1S/C20H22F3N3O2/c21-20(22,23)18-7-8-24-15-17(18)19(27)26-10-4-9-25(11-12-26)13-14-28-16-5-2-1-3-6-16/h1-3,5-8,15H,4,9-14H2. The first-order chi connectivity index (χ1) is 13.4. The molecule has 0 radical (unpaired) electrons. The van der Waals surface area contributed by atoms with Crippen LogP contribution in [-0.4, -0.2) is 60.0 Å². The molecule has 0 saturated carbocycles. The number of carbonyl (C=O) groups excluding carboxylic acids is 1. The van der Waals surface area contributed by atoms with E-state index in [-0.39, 0.29) is 0 Å². The Morgan fingerprint density at radius 1 is 1.07 bits per heavy atom. The Kier molecular flexibility index (Phi) is 6.51. The lowest BCUT2D eigenvalue weighted by Crippen LogP contribution is -2.37. The van der Waals surface area contributed by atoms with Gasteiger partial charge < -0.3 is 9.64 Å². The fraction of sp³-hybridized carbons (Fsp3) is 0.400. The molecule has 1 aromatic heterocycles. The summed E-state index contributed by atoms with van der Waals surface area (Å²) in [6.45, 7) is 3.35. The fourth-order valence-corrected chi connectivity index (χ4v) is 3.19. The van der Waals surface area contributed by atoms with Gasteiger partial charge >= 0.3 is 6.18 Å². The van der Waals surface area contributed by atoms with E-state index in [0.29, 0.717) is 39.2 Å². The Hall–Kier alpha value is -2.61. The maximum absolute atomic E-state index is 13.2. The summed E-state index contributed by atoms with van der Waals surface area (Å²) in [7, 11) is 0. The lowest BCUT2D eigenvalue weighted by Gasteiger charge is -2.23. The second kappa shape index (κ2) is 9.05. The van der Waals surface area contributed by atoms with Gasteiger partial charge in [-0.2, -0.15) is 13.2 Å². The first-order valence-corrected chi connectivity index (χ1v) is 9.16. The zero-order valence-electron chi connectivity index (χ0n) is 15.4. The van der Waals surface area contributed by atoms with Crippen LogP contribution in [0.15, 0.2) is 48.8 Å². The number of alkyl halides is 3. The zero-order chi connectivity index (χ0) is 20.0. The SMILES string of the molecule is O=C(c1cnccc1C(F)(F)F)N1CCCN(CCOc2ccccc2)CC1. The van der Waals surface area contributed by atoms with E-state index in [4.69, 9.17) is 4.74 Å². The normalized spacial score (nSPS) is 15.9. The van der Waals surface area contributed by atoms with Crippen molar-refractivity contribution < 1.29 is 22.7 Å². The molecule has 1 saturated heterocycles. The van der Waals surface area contributed by atoms with E-state index < -0.39 is 23.2 Å². The summed E-state index contributed by atoms with van der Waals surface area (Å²) in [4.78, 5) is 20.0. The number of nitrogens with zero attached hydrogens (tertiary/aromatic N) is 3. The van der Waals surface area contributed by atoms with Crippen LogP contribution in [0.5, 0.6) is 5.75 Å².